The molecule has 40 heavy (non-hydrogen) atoms. The van der Waals surface area contributed by atoms with E-state index < -0.39 is 10.9 Å². The predicted molar refractivity (Wildman–Crippen MR) is 157 cm³/mol. The van der Waals surface area contributed by atoms with Crippen LogP contribution in [0.3, 0.4) is 0 Å². The minimum atomic E-state index is -0.411. The molecule has 1 aromatic heterocycles. The minimum absolute atomic E-state index is 0.0619. The summed E-state index contributed by atoms with van der Waals surface area (Å²) in [6.07, 6.45) is 4.26. The fourth-order valence-electron chi connectivity index (χ4n) is 4.27. The van der Waals surface area contributed by atoms with Crippen LogP contribution in [-0.4, -0.2) is 74.2 Å². The molecule has 1 N–H and O–H groups in total. The van der Waals surface area contributed by atoms with Crippen molar-refractivity contribution in [2.24, 2.45) is 0 Å². The number of ether oxygens (including phenoxy) is 2. The first-order valence-electron chi connectivity index (χ1n) is 12.8. The highest BCUT2D eigenvalue weighted by molar-refractivity contribution is 5.91. The molecule has 3 aromatic rings. The van der Waals surface area contributed by atoms with Gasteiger partial charge in [-0.05, 0) is 56.8 Å². The minimum Gasteiger partial charge on any atom is -0.494 e. The van der Waals surface area contributed by atoms with Crippen molar-refractivity contribution in [3.8, 4) is 5.75 Å². The van der Waals surface area contributed by atoms with Gasteiger partial charge in [-0.3, -0.25) is 10.1 Å². The molecule has 11 heteroatoms. The third-order valence-electron chi connectivity index (χ3n) is 6.45. The number of nitro benzene ring substituents is 1. The van der Waals surface area contributed by atoms with Crippen molar-refractivity contribution in [2.45, 2.75) is 20.3 Å². The van der Waals surface area contributed by atoms with Gasteiger partial charge in [0.1, 0.15) is 11.4 Å². The van der Waals surface area contributed by atoms with Crippen molar-refractivity contribution in [2.75, 3.05) is 58.7 Å². The summed E-state index contributed by atoms with van der Waals surface area (Å²) >= 11 is 0. The van der Waals surface area contributed by atoms with E-state index in [0.29, 0.717) is 41.3 Å². The molecule has 0 radical (unpaired) electrons. The zero-order valence-electron chi connectivity index (χ0n) is 24.0. The maximum Gasteiger partial charge on any atom is 0.337 e. The first-order valence-corrected chi connectivity index (χ1v) is 12.8. The fraction of sp³-hybridized carbons (Fsp3) is 0.345. The zero-order chi connectivity index (χ0) is 29.4. The molecule has 0 saturated carbocycles. The molecular formula is C29H36N6O5. The van der Waals surface area contributed by atoms with E-state index in [1.165, 1.54) is 20.3 Å². The monoisotopic (exact) mass is 548 g/mol. The van der Waals surface area contributed by atoms with E-state index in [1.54, 1.807) is 24.4 Å². The average Bonchev–Trinajstić information content (AvgIpc) is 2.95. The highest BCUT2D eigenvalue weighted by Crippen LogP contribution is 2.39. The first kappa shape index (κ1) is 30.0. The first-order chi connectivity index (χ1) is 19.1. The van der Waals surface area contributed by atoms with Gasteiger partial charge in [-0.1, -0.05) is 19.1 Å². The number of nitro groups is 1. The number of aromatic nitrogens is 2. The van der Waals surface area contributed by atoms with Gasteiger partial charge >= 0.3 is 5.97 Å². The van der Waals surface area contributed by atoms with Crippen LogP contribution in [0.5, 0.6) is 5.75 Å². The highest BCUT2D eigenvalue weighted by Gasteiger charge is 2.23. The van der Waals surface area contributed by atoms with Gasteiger partial charge in [-0.15, -0.1) is 0 Å². The Labute approximate surface area is 234 Å². The number of nitrogens with one attached hydrogen (secondary N) is 1. The Balaban J connectivity index is 1.99. The van der Waals surface area contributed by atoms with E-state index >= 15 is 0 Å². The molecule has 0 aliphatic heterocycles. The summed E-state index contributed by atoms with van der Waals surface area (Å²) in [5.41, 5.74) is 4.64. The van der Waals surface area contributed by atoms with Crippen LogP contribution >= 0.6 is 0 Å². The van der Waals surface area contributed by atoms with Crippen LogP contribution in [0.4, 0.5) is 23.0 Å². The largest absolute Gasteiger partial charge is 0.494 e. The lowest BCUT2D eigenvalue weighted by molar-refractivity contribution is -0.384. The van der Waals surface area contributed by atoms with Gasteiger partial charge in [-0.25, -0.2) is 14.8 Å². The molecule has 2 aromatic carbocycles. The molecule has 0 amide bonds. The van der Waals surface area contributed by atoms with Gasteiger partial charge in [0.15, 0.2) is 0 Å². The van der Waals surface area contributed by atoms with Crippen molar-refractivity contribution in [3.63, 3.8) is 0 Å². The van der Waals surface area contributed by atoms with Crippen LogP contribution in [0.1, 0.15) is 41.0 Å². The Morgan fingerprint density at radius 3 is 2.48 bits per heavy atom. The number of allylic oxidation sites excluding steroid dienone is 1. The van der Waals surface area contributed by atoms with E-state index in [1.807, 2.05) is 63.0 Å². The van der Waals surface area contributed by atoms with Crippen LogP contribution in [0.15, 0.2) is 48.7 Å². The van der Waals surface area contributed by atoms with Gasteiger partial charge in [0.05, 0.1) is 36.1 Å². The average molecular weight is 549 g/mol. The lowest BCUT2D eigenvalue weighted by Crippen LogP contribution is -2.28. The van der Waals surface area contributed by atoms with E-state index in [4.69, 9.17) is 14.5 Å². The number of aryl methyl sites for hydroxylation is 1. The topological polar surface area (TPSA) is 123 Å². The van der Waals surface area contributed by atoms with Crippen LogP contribution in [-0.2, 0) is 11.2 Å². The van der Waals surface area contributed by atoms with Crippen LogP contribution < -0.4 is 15.0 Å². The van der Waals surface area contributed by atoms with Gasteiger partial charge in [-0.2, -0.15) is 0 Å². The number of hydrogen-bond donors (Lipinski definition) is 1. The number of anilines is 3. The molecule has 0 aliphatic rings. The summed E-state index contributed by atoms with van der Waals surface area (Å²) in [4.78, 5) is 36.5. The zero-order valence-corrected chi connectivity index (χ0v) is 24.0. The molecule has 0 atom stereocenters. The molecule has 0 bridgehead atoms. The van der Waals surface area contributed by atoms with Gasteiger partial charge in [0.2, 0.25) is 5.95 Å². The molecule has 0 spiro atoms. The molecule has 0 fully saturated rings. The Morgan fingerprint density at radius 1 is 1.12 bits per heavy atom. The summed E-state index contributed by atoms with van der Waals surface area (Å²) in [5, 5.41) is 15.1. The highest BCUT2D eigenvalue weighted by atomic mass is 16.6. The molecule has 0 aliphatic carbocycles. The molecule has 3 rings (SSSR count). The van der Waals surface area contributed by atoms with Crippen molar-refractivity contribution in [1.29, 1.82) is 0 Å². The van der Waals surface area contributed by atoms with Gasteiger partial charge < -0.3 is 24.6 Å². The molecule has 212 valence electrons. The maximum atomic E-state index is 12.0. The number of carbonyl (C=O) groups is 1. The Kier molecular flexibility index (Phi) is 10.2. The number of methoxy groups -OCH3 is 2. The summed E-state index contributed by atoms with van der Waals surface area (Å²) < 4.78 is 10.4. The third kappa shape index (κ3) is 6.92. The second-order valence-electron chi connectivity index (χ2n) is 9.33. The number of rotatable bonds is 12. The Bertz CT molecular complexity index is 1410. The summed E-state index contributed by atoms with van der Waals surface area (Å²) in [6.45, 7) is 5.26. The predicted octanol–water partition coefficient (Wildman–Crippen LogP) is 4.94. The number of esters is 1. The van der Waals surface area contributed by atoms with Crippen molar-refractivity contribution in [1.82, 2.24) is 14.9 Å². The standard InChI is InChI=1S/C29H36N6O5/c1-8-19-16-20(28(36)40-7)10-11-22(19)21(9-2)23-12-13-30-29(31-23)32-24-17-26(35(37)38)25(18-27(24)39-6)34(5)15-14-33(3)4/h9-13,16-18H,8,14-15H2,1-7H3,(H,30,31,32)/b21-9+. The third-order valence-corrected chi connectivity index (χ3v) is 6.45. The number of nitrogens with zero attached hydrogens (tertiary/aromatic N) is 5. The summed E-state index contributed by atoms with van der Waals surface area (Å²) in [7, 11) is 8.57. The van der Waals surface area contributed by atoms with E-state index in [-0.39, 0.29) is 11.6 Å². The number of likely N-dealkylation sites (N-methyl/N-ethyl adjacent to an activating group) is 2. The second-order valence-corrected chi connectivity index (χ2v) is 9.33. The molecule has 0 saturated heterocycles. The smallest absolute Gasteiger partial charge is 0.337 e. The molecule has 11 nitrogen and oxygen atoms in total. The van der Waals surface area contributed by atoms with Gasteiger partial charge in [0, 0.05) is 44.0 Å². The van der Waals surface area contributed by atoms with Crippen molar-refractivity contribution >= 4 is 34.6 Å². The second kappa shape index (κ2) is 13.5. The van der Waals surface area contributed by atoms with Crippen molar-refractivity contribution < 1.29 is 19.2 Å². The summed E-state index contributed by atoms with van der Waals surface area (Å²) in [6, 6.07) is 10.3. The van der Waals surface area contributed by atoms with Crippen LogP contribution in [0.2, 0.25) is 0 Å². The molecule has 1 heterocycles. The van der Waals surface area contributed by atoms with Crippen LogP contribution in [0.25, 0.3) is 5.57 Å². The normalized spacial score (nSPS) is 11.3. The van der Waals surface area contributed by atoms with Gasteiger partial charge in [0.25, 0.3) is 5.69 Å². The number of benzene rings is 2. The lowest BCUT2D eigenvalue weighted by atomic mass is 9.93. The number of carbonyl (C=O) groups excluding carboxylic acids is 1. The van der Waals surface area contributed by atoms with Crippen molar-refractivity contribution in [3.05, 3.63) is 81.2 Å². The lowest BCUT2D eigenvalue weighted by Gasteiger charge is -2.22. The fourth-order valence-corrected chi connectivity index (χ4v) is 4.27. The Morgan fingerprint density at radius 2 is 1.88 bits per heavy atom. The quantitative estimate of drug-likeness (QED) is 0.189. The molecular weight excluding hydrogens is 512 g/mol. The maximum absolute atomic E-state index is 12.0. The number of hydrogen-bond acceptors (Lipinski definition) is 10. The SMILES string of the molecule is C/C=C(/c1ccnc(Nc2cc([N+](=O)[O-])c(N(C)CCN(C)C)cc2OC)n1)c1ccc(C(=O)OC)cc1CC. The van der Waals surface area contributed by atoms with E-state index in [9.17, 15) is 14.9 Å². The molecule has 0 unspecified atom stereocenters. The van der Waals surface area contributed by atoms with E-state index in [2.05, 4.69) is 10.3 Å². The summed E-state index contributed by atoms with van der Waals surface area (Å²) in [5.74, 6) is 0.279. The van der Waals surface area contributed by atoms with Crippen LogP contribution in [0, 0.1) is 10.1 Å². The Hall–Kier alpha value is -4.51. The van der Waals surface area contributed by atoms with E-state index in [0.717, 1.165) is 23.2 Å².